The van der Waals surface area contributed by atoms with E-state index in [0.717, 1.165) is 36.2 Å². The van der Waals surface area contributed by atoms with E-state index in [2.05, 4.69) is 30.8 Å². The van der Waals surface area contributed by atoms with Crippen LogP contribution in [0.25, 0.3) is 0 Å². The van der Waals surface area contributed by atoms with Gasteiger partial charge in [-0.3, -0.25) is 4.90 Å². The molecule has 1 unspecified atom stereocenters. The number of thiazole rings is 1. The summed E-state index contributed by atoms with van der Waals surface area (Å²) in [7, 11) is 1.84. The SMILES string of the molecule is Cc1csc(CN2CCOC(c3nnnn3C)C2)n1. The Morgan fingerprint density at radius 1 is 1.53 bits per heavy atom. The van der Waals surface area contributed by atoms with Crippen LogP contribution in [0.1, 0.15) is 22.6 Å². The van der Waals surface area contributed by atoms with E-state index in [1.54, 1.807) is 16.0 Å². The minimum Gasteiger partial charge on any atom is -0.367 e. The van der Waals surface area contributed by atoms with Gasteiger partial charge in [0.25, 0.3) is 0 Å². The van der Waals surface area contributed by atoms with Crippen LogP contribution in [0.2, 0.25) is 0 Å². The average molecular weight is 280 g/mol. The van der Waals surface area contributed by atoms with Gasteiger partial charge in [-0.05, 0) is 17.4 Å². The number of ether oxygens (including phenoxy) is 1. The lowest BCUT2D eigenvalue weighted by Gasteiger charge is -2.31. The molecule has 0 aliphatic carbocycles. The molecule has 0 N–H and O–H groups in total. The molecular weight excluding hydrogens is 264 g/mol. The van der Waals surface area contributed by atoms with Crippen LogP contribution in [0.4, 0.5) is 0 Å². The first kappa shape index (κ1) is 12.6. The van der Waals surface area contributed by atoms with E-state index in [1.165, 1.54) is 0 Å². The maximum absolute atomic E-state index is 5.75. The first-order chi connectivity index (χ1) is 9.22. The third-order valence-electron chi connectivity index (χ3n) is 3.12. The Labute approximate surface area is 115 Å². The predicted molar refractivity (Wildman–Crippen MR) is 69.6 cm³/mol. The lowest BCUT2D eigenvalue weighted by molar-refractivity contribution is -0.0389. The Morgan fingerprint density at radius 3 is 3.11 bits per heavy atom. The van der Waals surface area contributed by atoms with Gasteiger partial charge in [0.2, 0.25) is 0 Å². The van der Waals surface area contributed by atoms with Crippen LogP contribution in [0, 0.1) is 6.92 Å². The van der Waals surface area contributed by atoms with Crippen molar-refractivity contribution in [1.82, 2.24) is 30.1 Å². The van der Waals surface area contributed by atoms with Crippen molar-refractivity contribution in [2.75, 3.05) is 19.7 Å². The van der Waals surface area contributed by atoms with E-state index < -0.39 is 0 Å². The van der Waals surface area contributed by atoms with Gasteiger partial charge >= 0.3 is 0 Å². The molecule has 19 heavy (non-hydrogen) atoms. The highest BCUT2D eigenvalue weighted by molar-refractivity contribution is 7.09. The molecule has 1 atom stereocenters. The molecule has 102 valence electrons. The Hall–Kier alpha value is -1.38. The number of aromatic nitrogens is 5. The van der Waals surface area contributed by atoms with E-state index >= 15 is 0 Å². The molecular formula is C11H16N6OS. The molecule has 1 saturated heterocycles. The van der Waals surface area contributed by atoms with E-state index in [-0.39, 0.29) is 6.10 Å². The molecule has 0 bridgehead atoms. The van der Waals surface area contributed by atoms with Crippen molar-refractivity contribution in [1.29, 1.82) is 0 Å². The fraction of sp³-hybridized carbons (Fsp3) is 0.636. The normalized spacial score (nSPS) is 20.8. The Morgan fingerprint density at radius 2 is 2.42 bits per heavy atom. The van der Waals surface area contributed by atoms with Crippen molar-refractivity contribution in [3.63, 3.8) is 0 Å². The lowest BCUT2D eigenvalue weighted by atomic mass is 10.2. The second-order valence-corrected chi connectivity index (χ2v) is 5.58. The van der Waals surface area contributed by atoms with Crippen LogP contribution < -0.4 is 0 Å². The molecule has 0 spiro atoms. The largest absolute Gasteiger partial charge is 0.367 e. The van der Waals surface area contributed by atoms with Gasteiger partial charge in [0, 0.05) is 31.2 Å². The smallest absolute Gasteiger partial charge is 0.181 e. The number of nitrogens with zero attached hydrogens (tertiary/aromatic N) is 6. The molecule has 1 fully saturated rings. The summed E-state index contributed by atoms with van der Waals surface area (Å²) in [5, 5.41) is 14.8. The van der Waals surface area contributed by atoms with Gasteiger partial charge in [-0.2, -0.15) is 0 Å². The average Bonchev–Trinajstić information content (AvgIpc) is 2.99. The van der Waals surface area contributed by atoms with Crippen molar-refractivity contribution < 1.29 is 4.74 Å². The van der Waals surface area contributed by atoms with Crippen LogP contribution in [0.3, 0.4) is 0 Å². The molecule has 0 saturated carbocycles. The fourth-order valence-electron chi connectivity index (χ4n) is 2.18. The summed E-state index contributed by atoms with van der Waals surface area (Å²) < 4.78 is 7.42. The summed E-state index contributed by atoms with van der Waals surface area (Å²) in [6, 6.07) is 0. The van der Waals surface area contributed by atoms with Crippen LogP contribution >= 0.6 is 11.3 Å². The van der Waals surface area contributed by atoms with Crippen molar-refractivity contribution >= 4 is 11.3 Å². The molecule has 2 aromatic heterocycles. The van der Waals surface area contributed by atoms with Gasteiger partial charge in [0.05, 0.1) is 13.2 Å². The predicted octanol–water partition coefficient (Wildman–Crippen LogP) is 0.549. The highest BCUT2D eigenvalue weighted by atomic mass is 32.1. The van der Waals surface area contributed by atoms with Crippen molar-refractivity contribution in [3.05, 3.63) is 21.9 Å². The highest BCUT2D eigenvalue weighted by Crippen LogP contribution is 2.21. The maximum atomic E-state index is 5.75. The molecule has 0 radical (unpaired) electrons. The number of aryl methyl sites for hydroxylation is 2. The molecule has 0 aromatic carbocycles. The number of hydrogen-bond acceptors (Lipinski definition) is 7. The van der Waals surface area contributed by atoms with Gasteiger partial charge in [-0.15, -0.1) is 16.4 Å². The Kier molecular flexibility index (Phi) is 3.54. The minimum atomic E-state index is -0.0604. The van der Waals surface area contributed by atoms with Gasteiger partial charge in [-0.25, -0.2) is 9.67 Å². The number of tetrazole rings is 1. The summed E-state index contributed by atoms with van der Waals surface area (Å²) in [6.45, 7) is 5.30. The summed E-state index contributed by atoms with van der Waals surface area (Å²) >= 11 is 1.71. The third-order valence-corrected chi connectivity index (χ3v) is 4.07. The third kappa shape index (κ3) is 2.80. The lowest BCUT2D eigenvalue weighted by Crippen LogP contribution is -2.38. The minimum absolute atomic E-state index is 0.0604. The highest BCUT2D eigenvalue weighted by Gasteiger charge is 2.26. The number of hydrogen-bond donors (Lipinski definition) is 0. The summed E-state index contributed by atoms with van der Waals surface area (Å²) in [5.41, 5.74) is 1.09. The van der Waals surface area contributed by atoms with Crippen molar-refractivity contribution in [3.8, 4) is 0 Å². The maximum Gasteiger partial charge on any atom is 0.181 e. The molecule has 0 amide bonds. The first-order valence-electron chi connectivity index (χ1n) is 6.19. The molecule has 3 heterocycles. The molecule has 8 heteroatoms. The van der Waals surface area contributed by atoms with Gasteiger partial charge in [0.15, 0.2) is 5.82 Å². The molecule has 1 aliphatic heterocycles. The standard InChI is InChI=1S/C11H16N6OS/c1-8-7-19-10(12-8)6-17-3-4-18-9(5-17)11-13-14-15-16(11)2/h7,9H,3-6H2,1-2H3. The van der Waals surface area contributed by atoms with E-state index in [0.29, 0.717) is 6.61 Å². The second-order valence-electron chi connectivity index (χ2n) is 4.64. The quantitative estimate of drug-likeness (QED) is 0.818. The molecule has 1 aliphatic rings. The number of morpholine rings is 1. The zero-order valence-corrected chi connectivity index (χ0v) is 11.8. The van der Waals surface area contributed by atoms with Crippen LogP contribution in [0.15, 0.2) is 5.38 Å². The monoisotopic (exact) mass is 280 g/mol. The van der Waals surface area contributed by atoms with Gasteiger partial charge in [0.1, 0.15) is 11.1 Å². The fourth-order valence-corrected chi connectivity index (χ4v) is 2.99. The van der Waals surface area contributed by atoms with Gasteiger partial charge in [-0.1, -0.05) is 0 Å². The molecule has 2 aromatic rings. The van der Waals surface area contributed by atoms with Gasteiger partial charge < -0.3 is 4.74 Å². The summed E-state index contributed by atoms with van der Waals surface area (Å²) in [6.07, 6.45) is -0.0604. The summed E-state index contributed by atoms with van der Waals surface area (Å²) in [4.78, 5) is 6.84. The van der Waals surface area contributed by atoms with Crippen LogP contribution in [0.5, 0.6) is 0 Å². The summed E-state index contributed by atoms with van der Waals surface area (Å²) in [5.74, 6) is 0.778. The zero-order chi connectivity index (χ0) is 13.2. The van der Waals surface area contributed by atoms with Crippen molar-refractivity contribution in [2.24, 2.45) is 7.05 Å². The first-order valence-corrected chi connectivity index (χ1v) is 7.07. The van der Waals surface area contributed by atoms with E-state index in [4.69, 9.17) is 4.74 Å². The second kappa shape index (κ2) is 5.32. The zero-order valence-electron chi connectivity index (χ0n) is 11.0. The van der Waals surface area contributed by atoms with E-state index in [1.807, 2.05) is 14.0 Å². The topological polar surface area (TPSA) is 69.0 Å². The van der Waals surface area contributed by atoms with E-state index in [9.17, 15) is 0 Å². The molecule has 3 rings (SSSR count). The Balaban J connectivity index is 1.66. The van der Waals surface area contributed by atoms with Crippen molar-refractivity contribution in [2.45, 2.75) is 19.6 Å². The molecule has 7 nitrogen and oxygen atoms in total. The van der Waals surface area contributed by atoms with Crippen LogP contribution in [-0.4, -0.2) is 49.8 Å². The number of rotatable bonds is 3. The Bertz CT molecular complexity index is 553. The van der Waals surface area contributed by atoms with Crippen LogP contribution in [-0.2, 0) is 18.3 Å².